The molecule has 0 aromatic heterocycles. The van der Waals surface area contributed by atoms with Crippen LogP contribution < -0.4 is 5.73 Å². The summed E-state index contributed by atoms with van der Waals surface area (Å²) in [6, 6.07) is 14.4. The first kappa shape index (κ1) is 15.7. The van der Waals surface area contributed by atoms with Gasteiger partial charge in [-0.3, -0.25) is 0 Å². The number of rotatable bonds is 5. The van der Waals surface area contributed by atoms with Crippen molar-refractivity contribution < 1.29 is 13.5 Å². The fourth-order valence-corrected chi connectivity index (χ4v) is 2.73. The molecule has 0 aliphatic heterocycles. The highest BCUT2D eigenvalue weighted by atomic mass is 32.2. The van der Waals surface area contributed by atoms with Crippen molar-refractivity contribution in [2.24, 2.45) is 5.73 Å². The molecule has 0 spiro atoms. The van der Waals surface area contributed by atoms with Gasteiger partial charge in [0.25, 0.3) is 0 Å². The standard InChI is InChI=1S/C16H19NO3S/c1-21(19,20)16-8-6-14(7-9-16)13-4-2-12(3-5-13)10-15(17)11-18/h2-9,15,18H,10-11,17H2,1H3/t15-/m0/s1. The quantitative estimate of drug-likeness (QED) is 0.879. The Kier molecular flexibility index (Phi) is 4.77. The Morgan fingerprint density at radius 2 is 1.48 bits per heavy atom. The van der Waals surface area contributed by atoms with E-state index < -0.39 is 9.84 Å². The summed E-state index contributed by atoms with van der Waals surface area (Å²) in [4.78, 5) is 0.316. The molecule has 5 heteroatoms. The van der Waals surface area contributed by atoms with Crippen molar-refractivity contribution in [2.75, 3.05) is 12.9 Å². The summed E-state index contributed by atoms with van der Waals surface area (Å²) in [6.07, 6.45) is 1.82. The lowest BCUT2D eigenvalue weighted by atomic mass is 10.0. The van der Waals surface area contributed by atoms with Crippen molar-refractivity contribution in [1.82, 2.24) is 0 Å². The average molecular weight is 305 g/mol. The van der Waals surface area contributed by atoms with Gasteiger partial charge in [0, 0.05) is 12.3 Å². The Hall–Kier alpha value is -1.69. The van der Waals surface area contributed by atoms with E-state index in [-0.39, 0.29) is 12.6 Å². The van der Waals surface area contributed by atoms with Crippen molar-refractivity contribution in [1.29, 1.82) is 0 Å². The van der Waals surface area contributed by atoms with Gasteiger partial charge in [-0.1, -0.05) is 36.4 Å². The van der Waals surface area contributed by atoms with Crippen LogP contribution in [0.2, 0.25) is 0 Å². The van der Waals surface area contributed by atoms with Crippen LogP contribution in [0.5, 0.6) is 0 Å². The van der Waals surface area contributed by atoms with Crippen LogP contribution in [-0.4, -0.2) is 32.4 Å². The van der Waals surface area contributed by atoms with Crippen molar-refractivity contribution in [2.45, 2.75) is 17.4 Å². The van der Waals surface area contributed by atoms with E-state index in [2.05, 4.69) is 0 Å². The summed E-state index contributed by atoms with van der Waals surface area (Å²) < 4.78 is 22.8. The molecule has 0 aliphatic carbocycles. The molecule has 21 heavy (non-hydrogen) atoms. The van der Waals surface area contributed by atoms with Crippen LogP contribution >= 0.6 is 0 Å². The Balaban J connectivity index is 2.19. The van der Waals surface area contributed by atoms with Crippen molar-refractivity contribution in [3.8, 4) is 11.1 Å². The number of nitrogens with two attached hydrogens (primary N) is 1. The minimum absolute atomic E-state index is 0.0330. The van der Waals surface area contributed by atoms with E-state index in [1.165, 1.54) is 6.26 Å². The van der Waals surface area contributed by atoms with Gasteiger partial charge in [-0.15, -0.1) is 0 Å². The molecule has 0 heterocycles. The molecule has 0 amide bonds. The minimum Gasteiger partial charge on any atom is -0.395 e. The number of aliphatic hydroxyl groups is 1. The minimum atomic E-state index is -3.16. The fraction of sp³-hybridized carbons (Fsp3) is 0.250. The third-order valence-corrected chi connectivity index (χ3v) is 4.43. The third kappa shape index (κ3) is 4.14. The smallest absolute Gasteiger partial charge is 0.175 e. The zero-order valence-corrected chi connectivity index (χ0v) is 12.7. The van der Waals surface area contributed by atoms with E-state index in [1.807, 2.05) is 24.3 Å². The maximum Gasteiger partial charge on any atom is 0.175 e. The van der Waals surface area contributed by atoms with E-state index in [9.17, 15) is 8.42 Å². The lowest BCUT2D eigenvalue weighted by Crippen LogP contribution is -2.26. The molecule has 2 aromatic carbocycles. The number of sulfone groups is 1. The molecule has 3 N–H and O–H groups in total. The molecule has 2 aromatic rings. The lowest BCUT2D eigenvalue weighted by Gasteiger charge is -2.09. The van der Waals surface area contributed by atoms with E-state index in [1.54, 1.807) is 24.3 Å². The molecule has 0 aliphatic rings. The number of benzene rings is 2. The monoisotopic (exact) mass is 305 g/mol. The Bertz CT molecular complexity index is 691. The van der Waals surface area contributed by atoms with Gasteiger partial charge in [-0.25, -0.2) is 8.42 Å². The molecule has 4 nitrogen and oxygen atoms in total. The molecule has 0 saturated heterocycles. The molecule has 0 saturated carbocycles. The number of aliphatic hydroxyl groups excluding tert-OH is 1. The van der Waals surface area contributed by atoms with Crippen LogP contribution in [-0.2, 0) is 16.3 Å². The van der Waals surface area contributed by atoms with Crippen LogP contribution in [0.3, 0.4) is 0 Å². The highest BCUT2D eigenvalue weighted by molar-refractivity contribution is 7.90. The van der Waals surface area contributed by atoms with E-state index in [4.69, 9.17) is 10.8 Å². The van der Waals surface area contributed by atoms with Gasteiger partial charge in [0.2, 0.25) is 0 Å². The van der Waals surface area contributed by atoms with E-state index >= 15 is 0 Å². The van der Waals surface area contributed by atoms with Gasteiger partial charge in [0.05, 0.1) is 11.5 Å². The fourth-order valence-electron chi connectivity index (χ4n) is 2.10. The van der Waals surface area contributed by atoms with Crippen LogP contribution in [0.1, 0.15) is 5.56 Å². The van der Waals surface area contributed by atoms with Gasteiger partial charge < -0.3 is 10.8 Å². The average Bonchev–Trinajstić information content (AvgIpc) is 2.47. The highest BCUT2D eigenvalue weighted by Crippen LogP contribution is 2.22. The largest absolute Gasteiger partial charge is 0.395 e. The molecule has 0 bridgehead atoms. The van der Waals surface area contributed by atoms with Crippen molar-refractivity contribution >= 4 is 9.84 Å². The van der Waals surface area contributed by atoms with Gasteiger partial charge in [-0.05, 0) is 35.2 Å². The van der Waals surface area contributed by atoms with Gasteiger partial charge >= 0.3 is 0 Å². The molecule has 0 fully saturated rings. The highest BCUT2D eigenvalue weighted by Gasteiger charge is 2.07. The molecular weight excluding hydrogens is 286 g/mol. The normalized spacial score (nSPS) is 13.1. The van der Waals surface area contributed by atoms with E-state index in [0.29, 0.717) is 11.3 Å². The molecule has 0 radical (unpaired) electrons. The second-order valence-electron chi connectivity index (χ2n) is 5.14. The lowest BCUT2D eigenvalue weighted by molar-refractivity contribution is 0.265. The maximum absolute atomic E-state index is 11.4. The van der Waals surface area contributed by atoms with Crippen LogP contribution in [0.4, 0.5) is 0 Å². The maximum atomic E-state index is 11.4. The number of hydrogen-bond acceptors (Lipinski definition) is 4. The summed E-state index contributed by atoms with van der Waals surface area (Å²) >= 11 is 0. The summed E-state index contributed by atoms with van der Waals surface area (Å²) in [6.45, 7) is -0.0330. The zero-order valence-electron chi connectivity index (χ0n) is 11.9. The first-order chi connectivity index (χ1) is 9.90. The summed E-state index contributed by atoms with van der Waals surface area (Å²) in [7, 11) is -3.16. The van der Waals surface area contributed by atoms with Gasteiger partial charge in [0.15, 0.2) is 9.84 Å². The molecule has 0 unspecified atom stereocenters. The van der Waals surface area contributed by atoms with Gasteiger partial charge in [0.1, 0.15) is 0 Å². The number of hydrogen-bond donors (Lipinski definition) is 2. The molecule has 2 rings (SSSR count). The first-order valence-electron chi connectivity index (χ1n) is 6.66. The Morgan fingerprint density at radius 3 is 1.90 bits per heavy atom. The third-order valence-electron chi connectivity index (χ3n) is 3.30. The van der Waals surface area contributed by atoms with Gasteiger partial charge in [-0.2, -0.15) is 0 Å². The summed E-state index contributed by atoms with van der Waals surface area (Å²) in [5.41, 5.74) is 8.74. The zero-order chi connectivity index (χ0) is 15.5. The predicted molar refractivity (Wildman–Crippen MR) is 83.8 cm³/mol. The molecular formula is C16H19NO3S. The van der Waals surface area contributed by atoms with Crippen molar-refractivity contribution in [3.63, 3.8) is 0 Å². The Labute approximate surface area is 125 Å². The second-order valence-corrected chi connectivity index (χ2v) is 7.16. The Morgan fingerprint density at radius 1 is 1.00 bits per heavy atom. The molecule has 112 valence electrons. The summed E-state index contributed by atoms with van der Waals surface area (Å²) in [5, 5.41) is 8.95. The van der Waals surface area contributed by atoms with E-state index in [0.717, 1.165) is 16.7 Å². The molecule has 1 atom stereocenters. The second kappa shape index (κ2) is 6.39. The SMILES string of the molecule is CS(=O)(=O)c1ccc(-c2ccc(C[C@H](N)CO)cc2)cc1. The first-order valence-corrected chi connectivity index (χ1v) is 8.55. The van der Waals surface area contributed by atoms with Crippen LogP contribution in [0, 0.1) is 0 Å². The van der Waals surface area contributed by atoms with Crippen LogP contribution in [0.25, 0.3) is 11.1 Å². The van der Waals surface area contributed by atoms with Crippen molar-refractivity contribution in [3.05, 3.63) is 54.1 Å². The predicted octanol–water partition coefficient (Wildman–Crippen LogP) is 1.62. The van der Waals surface area contributed by atoms with Crippen LogP contribution in [0.15, 0.2) is 53.4 Å². The topological polar surface area (TPSA) is 80.4 Å². The summed E-state index contributed by atoms with van der Waals surface area (Å²) in [5.74, 6) is 0.